The highest BCUT2D eigenvalue weighted by Crippen LogP contribution is 2.32. The topological polar surface area (TPSA) is 23.5 Å². The van der Waals surface area contributed by atoms with Crippen LogP contribution in [0.1, 0.15) is 24.2 Å². The molecule has 1 N–H and O–H groups in total. The van der Waals surface area contributed by atoms with E-state index in [1.54, 1.807) is 19.9 Å². The second-order valence-corrected chi connectivity index (χ2v) is 4.73. The molecule has 0 aliphatic heterocycles. The Labute approximate surface area is 113 Å². The average molecular weight is 259 g/mol. The third kappa shape index (κ3) is 2.76. The van der Waals surface area contributed by atoms with Gasteiger partial charge in [0.2, 0.25) is 0 Å². The van der Waals surface area contributed by atoms with Crippen LogP contribution in [0.25, 0.3) is 0 Å². The first-order chi connectivity index (χ1) is 9.00. The minimum absolute atomic E-state index is 0.291. The number of hydrogen-bond acceptors (Lipinski definition) is 2. The van der Waals surface area contributed by atoms with Gasteiger partial charge in [-0.2, -0.15) is 0 Å². The van der Waals surface area contributed by atoms with Gasteiger partial charge in [-0.3, -0.25) is 0 Å². The lowest BCUT2D eigenvalue weighted by Gasteiger charge is -2.24. The molecule has 0 aliphatic rings. The Morgan fingerprint density at radius 2 is 1.79 bits per heavy atom. The first kappa shape index (κ1) is 13.6. The highest BCUT2D eigenvalue weighted by molar-refractivity contribution is 5.67. The summed E-state index contributed by atoms with van der Waals surface area (Å²) in [6.07, 6.45) is -0.712. The monoisotopic (exact) mass is 259 g/mol. The largest absolute Gasteiger partial charge is 0.389 e. The van der Waals surface area contributed by atoms with E-state index in [0.29, 0.717) is 11.1 Å². The minimum atomic E-state index is -0.712. The molecule has 19 heavy (non-hydrogen) atoms. The van der Waals surface area contributed by atoms with E-state index in [2.05, 4.69) is 0 Å². The van der Waals surface area contributed by atoms with Gasteiger partial charge in [0.1, 0.15) is 5.82 Å². The van der Waals surface area contributed by atoms with Crippen molar-refractivity contribution in [3.05, 3.63) is 59.4 Å². The quantitative estimate of drug-likeness (QED) is 0.902. The molecular weight excluding hydrogens is 241 g/mol. The predicted molar refractivity (Wildman–Crippen MR) is 76.3 cm³/mol. The smallest absolute Gasteiger partial charge is 0.126 e. The lowest BCUT2D eigenvalue weighted by atomic mass is 10.0. The first-order valence-corrected chi connectivity index (χ1v) is 6.27. The normalized spacial score (nSPS) is 12.3. The molecule has 1 atom stereocenters. The van der Waals surface area contributed by atoms with Gasteiger partial charge in [0, 0.05) is 24.0 Å². The molecule has 2 nitrogen and oxygen atoms in total. The zero-order chi connectivity index (χ0) is 14.0. The summed E-state index contributed by atoms with van der Waals surface area (Å²) < 4.78 is 13.7. The van der Waals surface area contributed by atoms with Crippen molar-refractivity contribution >= 4 is 11.4 Å². The Balaban J connectivity index is 2.52. The molecule has 2 aromatic rings. The van der Waals surface area contributed by atoms with Crippen molar-refractivity contribution in [3.8, 4) is 0 Å². The molecule has 0 aliphatic carbocycles. The third-order valence-electron chi connectivity index (χ3n) is 3.26. The molecule has 0 aromatic heterocycles. The van der Waals surface area contributed by atoms with Crippen LogP contribution in [0, 0.1) is 12.7 Å². The fraction of sp³-hybridized carbons (Fsp3) is 0.250. The van der Waals surface area contributed by atoms with Crippen molar-refractivity contribution < 1.29 is 9.50 Å². The number of para-hydroxylation sites is 1. The van der Waals surface area contributed by atoms with Crippen LogP contribution in [0.3, 0.4) is 0 Å². The summed E-state index contributed by atoms with van der Waals surface area (Å²) in [5.41, 5.74) is 2.98. The Morgan fingerprint density at radius 1 is 1.16 bits per heavy atom. The second kappa shape index (κ2) is 5.41. The number of aliphatic hydroxyl groups is 1. The number of aryl methyl sites for hydroxylation is 1. The van der Waals surface area contributed by atoms with Crippen LogP contribution in [-0.2, 0) is 0 Å². The van der Waals surface area contributed by atoms with Gasteiger partial charge in [0.25, 0.3) is 0 Å². The molecule has 2 aromatic carbocycles. The number of rotatable bonds is 3. The van der Waals surface area contributed by atoms with Crippen LogP contribution in [-0.4, -0.2) is 12.2 Å². The van der Waals surface area contributed by atoms with Gasteiger partial charge in [-0.1, -0.05) is 18.2 Å². The van der Waals surface area contributed by atoms with Crippen LogP contribution >= 0.6 is 0 Å². The van der Waals surface area contributed by atoms with E-state index < -0.39 is 6.10 Å². The molecule has 0 spiro atoms. The lowest BCUT2D eigenvalue weighted by molar-refractivity contribution is 0.199. The third-order valence-corrected chi connectivity index (χ3v) is 3.26. The molecular formula is C16H18FNO. The van der Waals surface area contributed by atoms with Crippen LogP contribution in [0.5, 0.6) is 0 Å². The summed E-state index contributed by atoms with van der Waals surface area (Å²) >= 11 is 0. The second-order valence-electron chi connectivity index (χ2n) is 4.73. The van der Waals surface area contributed by atoms with Crippen LogP contribution in [0.15, 0.2) is 42.5 Å². The predicted octanol–water partition coefficient (Wildman–Crippen LogP) is 3.96. The molecule has 0 heterocycles. The Morgan fingerprint density at radius 3 is 2.37 bits per heavy atom. The van der Waals surface area contributed by atoms with Crippen LogP contribution in [0.4, 0.5) is 15.8 Å². The van der Waals surface area contributed by atoms with Gasteiger partial charge >= 0.3 is 0 Å². The zero-order valence-electron chi connectivity index (χ0n) is 11.4. The van der Waals surface area contributed by atoms with Crippen molar-refractivity contribution in [2.24, 2.45) is 0 Å². The van der Waals surface area contributed by atoms with Gasteiger partial charge < -0.3 is 10.0 Å². The Hall–Kier alpha value is -1.87. The lowest BCUT2D eigenvalue weighted by Crippen LogP contribution is -2.13. The zero-order valence-corrected chi connectivity index (χ0v) is 11.4. The maximum atomic E-state index is 13.7. The Bertz CT molecular complexity index is 566. The molecule has 0 amide bonds. The molecule has 100 valence electrons. The average Bonchev–Trinajstić information content (AvgIpc) is 2.41. The summed E-state index contributed by atoms with van der Waals surface area (Å²) in [6, 6.07) is 13.0. The van der Waals surface area contributed by atoms with Crippen molar-refractivity contribution in [1.29, 1.82) is 0 Å². The van der Waals surface area contributed by atoms with E-state index >= 15 is 0 Å². The summed E-state index contributed by atoms with van der Waals surface area (Å²) in [5, 5.41) is 9.82. The van der Waals surface area contributed by atoms with Gasteiger partial charge in [0.15, 0.2) is 0 Å². The fourth-order valence-corrected chi connectivity index (χ4v) is 2.10. The summed E-state index contributed by atoms with van der Waals surface area (Å²) in [4.78, 5) is 1.95. The van der Waals surface area contributed by atoms with Crippen molar-refractivity contribution in [2.75, 3.05) is 11.9 Å². The number of aliphatic hydroxyl groups excluding tert-OH is 1. The number of hydrogen-bond donors (Lipinski definition) is 1. The van der Waals surface area contributed by atoms with Crippen molar-refractivity contribution in [2.45, 2.75) is 20.0 Å². The fourth-order valence-electron chi connectivity index (χ4n) is 2.10. The highest BCUT2D eigenvalue weighted by atomic mass is 19.1. The molecule has 0 saturated heterocycles. The molecule has 0 saturated carbocycles. The van der Waals surface area contributed by atoms with Crippen molar-refractivity contribution in [1.82, 2.24) is 0 Å². The number of halogens is 1. The summed E-state index contributed by atoms with van der Waals surface area (Å²) in [5.74, 6) is -0.291. The number of nitrogens with zero attached hydrogens (tertiary/aromatic N) is 1. The van der Waals surface area contributed by atoms with Gasteiger partial charge in [-0.05, 0) is 43.7 Å². The summed E-state index contributed by atoms with van der Waals surface area (Å²) in [7, 11) is 1.91. The van der Waals surface area contributed by atoms with Crippen LogP contribution < -0.4 is 4.90 Å². The molecule has 0 bridgehead atoms. The standard InChI is InChI=1S/C16H18FNO/c1-11-9-16(14(12(2)19)10-15(11)17)18(3)13-7-5-4-6-8-13/h4-10,12,19H,1-3H3/t12-/m0/s1. The van der Waals surface area contributed by atoms with E-state index in [-0.39, 0.29) is 5.82 Å². The summed E-state index contributed by atoms with van der Waals surface area (Å²) in [6.45, 7) is 3.37. The molecule has 0 fully saturated rings. The molecule has 0 radical (unpaired) electrons. The van der Waals surface area contributed by atoms with Crippen LogP contribution in [0.2, 0.25) is 0 Å². The molecule has 0 unspecified atom stereocenters. The van der Waals surface area contributed by atoms with E-state index in [0.717, 1.165) is 11.4 Å². The SMILES string of the molecule is Cc1cc(N(C)c2ccccc2)c([C@H](C)O)cc1F. The molecule has 3 heteroatoms. The van der Waals surface area contributed by atoms with E-state index in [1.807, 2.05) is 42.3 Å². The maximum Gasteiger partial charge on any atom is 0.126 e. The maximum absolute atomic E-state index is 13.7. The van der Waals surface area contributed by atoms with Gasteiger partial charge in [0.05, 0.1) is 6.10 Å². The first-order valence-electron chi connectivity index (χ1n) is 6.27. The van der Waals surface area contributed by atoms with E-state index in [1.165, 1.54) is 6.07 Å². The number of benzene rings is 2. The molecule has 2 rings (SSSR count). The van der Waals surface area contributed by atoms with E-state index in [9.17, 15) is 9.50 Å². The highest BCUT2D eigenvalue weighted by Gasteiger charge is 2.15. The minimum Gasteiger partial charge on any atom is -0.389 e. The van der Waals surface area contributed by atoms with Crippen molar-refractivity contribution in [3.63, 3.8) is 0 Å². The van der Waals surface area contributed by atoms with E-state index in [4.69, 9.17) is 0 Å². The Kier molecular flexibility index (Phi) is 3.86. The number of anilines is 2. The van der Waals surface area contributed by atoms with Gasteiger partial charge in [-0.25, -0.2) is 4.39 Å². The van der Waals surface area contributed by atoms with Gasteiger partial charge in [-0.15, -0.1) is 0 Å².